The highest BCUT2D eigenvalue weighted by molar-refractivity contribution is 7.11. The van der Waals surface area contributed by atoms with E-state index < -0.39 is 0 Å². The van der Waals surface area contributed by atoms with Crippen molar-refractivity contribution in [3.63, 3.8) is 0 Å². The van der Waals surface area contributed by atoms with Crippen molar-refractivity contribution in [3.8, 4) is 0 Å². The topological polar surface area (TPSA) is 71.9 Å². The van der Waals surface area contributed by atoms with Crippen LogP contribution >= 0.6 is 11.3 Å². The minimum atomic E-state index is -0.162. The number of aromatic nitrogens is 1. The van der Waals surface area contributed by atoms with E-state index in [-0.39, 0.29) is 24.5 Å². The predicted molar refractivity (Wildman–Crippen MR) is 86.5 cm³/mol. The minimum absolute atomic E-state index is 0.0820. The monoisotopic (exact) mass is 330 g/mol. The third kappa shape index (κ3) is 6.00. The van der Waals surface area contributed by atoms with Crippen LogP contribution in [-0.2, 0) is 14.9 Å². The number of amides is 1. The molecule has 1 amide bonds. The third-order valence-electron chi connectivity index (χ3n) is 3.05. The van der Waals surface area contributed by atoms with Crippen molar-refractivity contribution in [1.82, 2.24) is 9.88 Å². The van der Waals surface area contributed by atoms with Gasteiger partial charge in [-0.25, -0.2) is 4.98 Å². The molecule has 1 rings (SSSR count). The molecule has 0 spiro atoms. The number of carbonyl (C=O) groups is 1. The second-order valence-electron chi connectivity index (χ2n) is 5.91. The molecule has 7 heteroatoms. The maximum absolute atomic E-state index is 12.5. The van der Waals surface area contributed by atoms with Gasteiger partial charge >= 0.3 is 0 Å². The maximum atomic E-state index is 12.5. The van der Waals surface area contributed by atoms with Gasteiger partial charge in [-0.2, -0.15) is 0 Å². The fraction of sp³-hybridized carbons (Fsp3) is 0.733. The zero-order valence-corrected chi connectivity index (χ0v) is 14.6. The zero-order chi connectivity index (χ0) is 16.6. The molecule has 0 aromatic carbocycles. The van der Waals surface area contributed by atoms with Crippen LogP contribution in [0.25, 0.3) is 0 Å². The van der Waals surface area contributed by atoms with E-state index in [1.54, 1.807) is 12.0 Å². The van der Waals surface area contributed by atoms with Gasteiger partial charge in [-0.05, 0) is 0 Å². The fourth-order valence-corrected chi connectivity index (χ4v) is 2.72. The zero-order valence-electron chi connectivity index (χ0n) is 13.8. The Morgan fingerprint density at radius 2 is 2.05 bits per heavy atom. The summed E-state index contributed by atoms with van der Waals surface area (Å²) in [7, 11) is 1.61. The molecule has 0 radical (unpaired) electrons. The number of methoxy groups -OCH3 is 1. The summed E-state index contributed by atoms with van der Waals surface area (Å²) in [5, 5.41) is 11.5. The minimum Gasteiger partial charge on any atom is -0.395 e. The van der Waals surface area contributed by atoms with Gasteiger partial charge in [-0.1, -0.05) is 20.8 Å². The summed E-state index contributed by atoms with van der Waals surface area (Å²) in [5.41, 5.74) is 0.821. The first-order chi connectivity index (χ1) is 10.4. The fourth-order valence-electron chi connectivity index (χ4n) is 1.71. The van der Waals surface area contributed by atoms with E-state index in [1.165, 1.54) is 11.3 Å². The Kier molecular flexibility index (Phi) is 7.95. The van der Waals surface area contributed by atoms with E-state index >= 15 is 0 Å². The molecule has 1 N–H and O–H groups in total. The average Bonchev–Trinajstić information content (AvgIpc) is 2.95. The number of carbonyl (C=O) groups excluding carboxylic acids is 1. The quantitative estimate of drug-likeness (QED) is 0.695. The SMILES string of the molecule is COCCOCCN(CCO)C(=O)c1nc(C(C)(C)C)cs1. The van der Waals surface area contributed by atoms with Crippen molar-refractivity contribution in [3.05, 3.63) is 16.1 Å². The molecule has 126 valence electrons. The Hall–Kier alpha value is -1.02. The largest absolute Gasteiger partial charge is 0.395 e. The van der Waals surface area contributed by atoms with Crippen molar-refractivity contribution in [2.24, 2.45) is 0 Å². The van der Waals surface area contributed by atoms with Gasteiger partial charge in [0, 0.05) is 31.0 Å². The molecule has 0 fully saturated rings. The summed E-state index contributed by atoms with van der Waals surface area (Å²) in [6.45, 7) is 8.22. The molecule has 22 heavy (non-hydrogen) atoms. The van der Waals surface area contributed by atoms with Gasteiger partial charge in [0.05, 0.1) is 32.1 Å². The highest BCUT2D eigenvalue weighted by Gasteiger charge is 2.23. The Labute approximate surface area is 136 Å². The molecule has 0 atom stereocenters. The van der Waals surface area contributed by atoms with Gasteiger partial charge in [0.25, 0.3) is 5.91 Å². The summed E-state index contributed by atoms with van der Waals surface area (Å²) < 4.78 is 10.3. The lowest BCUT2D eigenvalue weighted by Crippen LogP contribution is -2.36. The lowest BCUT2D eigenvalue weighted by molar-refractivity contribution is 0.0460. The summed E-state index contributed by atoms with van der Waals surface area (Å²) in [5.74, 6) is -0.162. The second-order valence-corrected chi connectivity index (χ2v) is 6.77. The molecule has 0 aliphatic heterocycles. The number of thiazole rings is 1. The van der Waals surface area contributed by atoms with Gasteiger partial charge in [0.1, 0.15) is 0 Å². The summed E-state index contributed by atoms with van der Waals surface area (Å²) in [4.78, 5) is 18.5. The van der Waals surface area contributed by atoms with Crippen LogP contribution in [0.1, 0.15) is 36.3 Å². The number of hydrogen-bond acceptors (Lipinski definition) is 6. The smallest absolute Gasteiger partial charge is 0.282 e. The molecule has 0 saturated carbocycles. The van der Waals surface area contributed by atoms with E-state index in [0.29, 0.717) is 31.4 Å². The van der Waals surface area contributed by atoms with E-state index in [9.17, 15) is 4.79 Å². The lowest BCUT2D eigenvalue weighted by Gasteiger charge is -2.20. The third-order valence-corrected chi connectivity index (χ3v) is 3.88. The van der Waals surface area contributed by atoms with Crippen LogP contribution in [0.15, 0.2) is 5.38 Å². The summed E-state index contributed by atoms with van der Waals surface area (Å²) in [6.07, 6.45) is 0. The van der Waals surface area contributed by atoms with E-state index in [0.717, 1.165) is 5.69 Å². The van der Waals surface area contributed by atoms with Gasteiger partial charge in [-0.15, -0.1) is 11.3 Å². The molecule has 1 heterocycles. The molecule has 0 bridgehead atoms. The van der Waals surface area contributed by atoms with E-state index in [4.69, 9.17) is 14.6 Å². The highest BCUT2D eigenvalue weighted by Crippen LogP contribution is 2.24. The van der Waals surface area contributed by atoms with Crippen molar-refractivity contribution in [2.75, 3.05) is 46.6 Å². The Balaban J connectivity index is 2.62. The van der Waals surface area contributed by atoms with Gasteiger partial charge in [0.15, 0.2) is 5.01 Å². The Morgan fingerprint density at radius 3 is 2.59 bits per heavy atom. The van der Waals surface area contributed by atoms with Crippen LogP contribution in [0.4, 0.5) is 0 Å². The van der Waals surface area contributed by atoms with Crippen LogP contribution in [0.3, 0.4) is 0 Å². The van der Waals surface area contributed by atoms with Crippen molar-refractivity contribution >= 4 is 17.2 Å². The molecule has 1 aromatic rings. The lowest BCUT2D eigenvalue weighted by atomic mass is 9.93. The van der Waals surface area contributed by atoms with Crippen LogP contribution in [0.2, 0.25) is 0 Å². The Morgan fingerprint density at radius 1 is 1.32 bits per heavy atom. The number of aliphatic hydroxyl groups is 1. The first-order valence-corrected chi connectivity index (χ1v) is 8.21. The van der Waals surface area contributed by atoms with E-state index in [2.05, 4.69) is 25.8 Å². The first kappa shape index (κ1) is 19.0. The van der Waals surface area contributed by atoms with Crippen molar-refractivity contribution in [2.45, 2.75) is 26.2 Å². The second kappa shape index (κ2) is 9.19. The summed E-state index contributed by atoms with van der Waals surface area (Å²) in [6, 6.07) is 0. The van der Waals surface area contributed by atoms with Crippen molar-refractivity contribution < 1.29 is 19.4 Å². The van der Waals surface area contributed by atoms with Crippen LogP contribution in [0.5, 0.6) is 0 Å². The molecular weight excluding hydrogens is 304 g/mol. The average molecular weight is 330 g/mol. The normalized spacial score (nSPS) is 11.7. The molecule has 0 aliphatic carbocycles. The number of rotatable bonds is 9. The predicted octanol–water partition coefficient (Wildman–Crippen LogP) is 1.54. The first-order valence-electron chi connectivity index (χ1n) is 7.33. The standard InChI is InChI=1S/C15H26N2O4S/c1-15(2,3)12-11-22-13(16-12)14(19)17(5-7-18)6-8-21-10-9-20-4/h11,18H,5-10H2,1-4H3. The van der Waals surface area contributed by atoms with Crippen molar-refractivity contribution in [1.29, 1.82) is 0 Å². The molecular formula is C15H26N2O4S. The van der Waals surface area contributed by atoms with E-state index in [1.807, 2.05) is 5.38 Å². The van der Waals surface area contributed by atoms with Crippen LogP contribution in [-0.4, -0.2) is 67.5 Å². The molecule has 0 unspecified atom stereocenters. The molecule has 1 aromatic heterocycles. The maximum Gasteiger partial charge on any atom is 0.282 e. The Bertz CT molecular complexity index is 457. The summed E-state index contributed by atoms with van der Waals surface area (Å²) >= 11 is 1.34. The number of hydrogen-bond donors (Lipinski definition) is 1. The van der Waals surface area contributed by atoms with Gasteiger partial charge in [0.2, 0.25) is 0 Å². The molecule has 0 aliphatic rings. The van der Waals surface area contributed by atoms with Crippen LogP contribution in [0, 0.1) is 0 Å². The molecule has 0 saturated heterocycles. The number of nitrogens with zero attached hydrogens (tertiary/aromatic N) is 2. The number of aliphatic hydroxyl groups excluding tert-OH is 1. The molecule has 6 nitrogen and oxygen atoms in total. The number of ether oxygens (including phenoxy) is 2. The van der Waals surface area contributed by atoms with Gasteiger partial charge in [-0.3, -0.25) is 4.79 Å². The highest BCUT2D eigenvalue weighted by atomic mass is 32.1. The van der Waals surface area contributed by atoms with Gasteiger partial charge < -0.3 is 19.5 Å². The van der Waals surface area contributed by atoms with Crippen LogP contribution < -0.4 is 0 Å².